The second kappa shape index (κ2) is 7.79. The molecule has 0 bridgehead atoms. The highest BCUT2D eigenvalue weighted by Crippen LogP contribution is 2.15. The van der Waals surface area contributed by atoms with Gasteiger partial charge in [-0.25, -0.2) is 4.79 Å². The number of hydrogen-bond acceptors (Lipinski definition) is 2. The molecule has 0 saturated carbocycles. The second-order valence-electron chi connectivity index (χ2n) is 5.31. The lowest BCUT2D eigenvalue weighted by molar-refractivity contribution is 0.249. The number of amides is 2. The smallest absolute Gasteiger partial charge is 0.312 e. The Morgan fingerprint density at radius 2 is 1.79 bits per heavy atom. The normalized spacial score (nSPS) is 12.4. The number of hydrogen-bond donors (Lipinski definition) is 3. The molecule has 2 amide bonds. The monoisotopic (exact) mass is 263 g/mol. The summed E-state index contributed by atoms with van der Waals surface area (Å²) in [5.74, 6) is 0.682. The van der Waals surface area contributed by atoms with Crippen LogP contribution < -0.4 is 16.4 Å². The molecule has 0 aliphatic carbocycles. The lowest BCUT2D eigenvalue weighted by Gasteiger charge is -2.15. The summed E-state index contributed by atoms with van der Waals surface area (Å²) >= 11 is 0. The van der Waals surface area contributed by atoms with Crippen LogP contribution in [0.3, 0.4) is 0 Å². The van der Waals surface area contributed by atoms with E-state index in [-0.39, 0.29) is 6.04 Å². The van der Waals surface area contributed by atoms with Crippen molar-refractivity contribution in [2.45, 2.75) is 33.2 Å². The van der Waals surface area contributed by atoms with Crippen LogP contribution in [0, 0.1) is 5.92 Å². The average molecular weight is 263 g/mol. The van der Waals surface area contributed by atoms with Gasteiger partial charge >= 0.3 is 6.03 Å². The molecule has 0 saturated heterocycles. The van der Waals surface area contributed by atoms with Gasteiger partial charge in [0.1, 0.15) is 0 Å². The van der Waals surface area contributed by atoms with E-state index in [0.717, 1.165) is 6.42 Å². The van der Waals surface area contributed by atoms with E-state index in [9.17, 15) is 4.79 Å². The first-order chi connectivity index (χ1) is 8.99. The molecular weight excluding hydrogens is 238 g/mol. The highest BCUT2D eigenvalue weighted by molar-refractivity contribution is 5.71. The Bertz CT molecular complexity index is 387. The second-order valence-corrected chi connectivity index (χ2v) is 5.31. The van der Waals surface area contributed by atoms with Gasteiger partial charge in [-0.1, -0.05) is 38.1 Å². The molecule has 0 heterocycles. The summed E-state index contributed by atoms with van der Waals surface area (Å²) in [4.78, 5) is 10.5. The van der Waals surface area contributed by atoms with Crippen molar-refractivity contribution in [1.29, 1.82) is 0 Å². The molecule has 0 radical (unpaired) electrons. The number of carbonyl (C=O) groups excluding carboxylic acids is 1. The Morgan fingerprint density at radius 1 is 1.16 bits per heavy atom. The van der Waals surface area contributed by atoms with Gasteiger partial charge in [-0.15, -0.1) is 0 Å². The first kappa shape index (κ1) is 15.5. The molecule has 0 aliphatic heterocycles. The van der Waals surface area contributed by atoms with Gasteiger partial charge in [0, 0.05) is 19.1 Å². The number of rotatable bonds is 7. The molecule has 0 spiro atoms. The lowest BCUT2D eigenvalue weighted by Crippen LogP contribution is -2.36. The van der Waals surface area contributed by atoms with E-state index in [1.54, 1.807) is 0 Å². The number of urea groups is 1. The topological polar surface area (TPSA) is 67.2 Å². The standard InChI is InChI=1S/C15H25N3O/c1-11(2)10-13-4-6-14(7-5-13)12(3)17-8-9-18-15(16)19/h4-7,11-12,17H,8-10H2,1-3H3,(H3,16,18,19). The van der Waals surface area contributed by atoms with Crippen molar-refractivity contribution in [2.24, 2.45) is 11.7 Å². The third-order valence-electron chi connectivity index (χ3n) is 3.00. The Balaban J connectivity index is 2.39. The van der Waals surface area contributed by atoms with Crippen LogP contribution >= 0.6 is 0 Å². The summed E-state index contributed by atoms with van der Waals surface area (Å²) in [6.07, 6.45) is 1.12. The van der Waals surface area contributed by atoms with E-state index >= 15 is 0 Å². The van der Waals surface area contributed by atoms with Gasteiger partial charge in [-0.05, 0) is 30.4 Å². The largest absolute Gasteiger partial charge is 0.352 e. The first-order valence-electron chi connectivity index (χ1n) is 6.84. The molecule has 1 aromatic carbocycles. The third-order valence-corrected chi connectivity index (χ3v) is 3.00. The molecule has 19 heavy (non-hydrogen) atoms. The molecule has 0 aromatic heterocycles. The fourth-order valence-electron chi connectivity index (χ4n) is 2.01. The van der Waals surface area contributed by atoms with Crippen LogP contribution in [0.1, 0.15) is 37.9 Å². The van der Waals surface area contributed by atoms with Gasteiger partial charge < -0.3 is 16.4 Å². The zero-order chi connectivity index (χ0) is 14.3. The van der Waals surface area contributed by atoms with Gasteiger partial charge in [-0.2, -0.15) is 0 Å². The van der Waals surface area contributed by atoms with E-state index in [4.69, 9.17) is 5.73 Å². The zero-order valence-corrected chi connectivity index (χ0v) is 12.1. The van der Waals surface area contributed by atoms with Crippen molar-refractivity contribution >= 4 is 6.03 Å². The fourth-order valence-corrected chi connectivity index (χ4v) is 2.01. The van der Waals surface area contributed by atoms with E-state index in [2.05, 4.69) is 55.7 Å². The summed E-state index contributed by atoms with van der Waals surface area (Å²) in [6.45, 7) is 7.82. The molecule has 1 atom stereocenters. The lowest BCUT2D eigenvalue weighted by atomic mass is 10.00. The van der Waals surface area contributed by atoms with Crippen molar-refractivity contribution in [3.05, 3.63) is 35.4 Å². The molecule has 4 nitrogen and oxygen atoms in total. The SMILES string of the molecule is CC(C)Cc1ccc(C(C)NCCNC(N)=O)cc1. The Labute approximate surface area is 115 Å². The van der Waals surface area contributed by atoms with Crippen molar-refractivity contribution in [3.63, 3.8) is 0 Å². The molecule has 4 heteroatoms. The highest BCUT2D eigenvalue weighted by Gasteiger charge is 2.05. The molecule has 4 N–H and O–H groups in total. The van der Waals surface area contributed by atoms with E-state index in [0.29, 0.717) is 19.0 Å². The highest BCUT2D eigenvalue weighted by atomic mass is 16.2. The number of nitrogens with two attached hydrogens (primary N) is 1. The Morgan fingerprint density at radius 3 is 2.32 bits per heavy atom. The predicted molar refractivity (Wildman–Crippen MR) is 79.0 cm³/mol. The van der Waals surface area contributed by atoms with Crippen LogP contribution in [-0.2, 0) is 6.42 Å². The maximum absolute atomic E-state index is 10.5. The molecule has 0 aliphatic rings. The molecular formula is C15H25N3O. The van der Waals surface area contributed by atoms with Crippen molar-refractivity contribution in [2.75, 3.05) is 13.1 Å². The van der Waals surface area contributed by atoms with Gasteiger partial charge in [0.05, 0.1) is 0 Å². The predicted octanol–water partition coefficient (Wildman–Crippen LogP) is 2.20. The van der Waals surface area contributed by atoms with Gasteiger partial charge in [-0.3, -0.25) is 0 Å². The van der Waals surface area contributed by atoms with Crippen LogP contribution in [0.5, 0.6) is 0 Å². The summed E-state index contributed by atoms with van der Waals surface area (Å²) < 4.78 is 0. The van der Waals surface area contributed by atoms with Crippen LogP contribution in [0.15, 0.2) is 24.3 Å². The fraction of sp³-hybridized carbons (Fsp3) is 0.533. The molecule has 1 aromatic rings. The summed E-state index contributed by atoms with van der Waals surface area (Å²) in [5, 5.41) is 5.90. The van der Waals surface area contributed by atoms with Gasteiger partial charge in [0.2, 0.25) is 0 Å². The Hall–Kier alpha value is -1.55. The van der Waals surface area contributed by atoms with Gasteiger partial charge in [0.15, 0.2) is 0 Å². The molecule has 0 fully saturated rings. The minimum atomic E-state index is -0.479. The van der Waals surface area contributed by atoms with E-state index in [1.165, 1.54) is 11.1 Å². The van der Waals surface area contributed by atoms with Crippen LogP contribution in [0.2, 0.25) is 0 Å². The van der Waals surface area contributed by atoms with Crippen molar-refractivity contribution in [3.8, 4) is 0 Å². The minimum Gasteiger partial charge on any atom is -0.352 e. The van der Waals surface area contributed by atoms with E-state index < -0.39 is 6.03 Å². The quantitative estimate of drug-likeness (QED) is 0.660. The van der Waals surface area contributed by atoms with Crippen molar-refractivity contribution in [1.82, 2.24) is 10.6 Å². The number of benzene rings is 1. The maximum Gasteiger partial charge on any atom is 0.312 e. The zero-order valence-electron chi connectivity index (χ0n) is 12.1. The molecule has 106 valence electrons. The summed E-state index contributed by atoms with van der Waals surface area (Å²) in [5.41, 5.74) is 7.63. The Kier molecular flexibility index (Phi) is 6.36. The van der Waals surface area contributed by atoms with Gasteiger partial charge in [0.25, 0.3) is 0 Å². The minimum absolute atomic E-state index is 0.266. The maximum atomic E-state index is 10.5. The third kappa shape index (κ3) is 6.25. The van der Waals surface area contributed by atoms with Crippen LogP contribution in [0.25, 0.3) is 0 Å². The molecule has 1 rings (SSSR count). The number of carbonyl (C=O) groups is 1. The molecule has 1 unspecified atom stereocenters. The van der Waals surface area contributed by atoms with E-state index in [1.807, 2.05) is 0 Å². The first-order valence-corrected chi connectivity index (χ1v) is 6.84. The summed E-state index contributed by atoms with van der Waals surface area (Å²) in [7, 11) is 0. The average Bonchev–Trinajstić information content (AvgIpc) is 2.34. The van der Waals surface area contributed by atoms with Crippen LogP contribution in [-0.4, -0.2) is 19.1 Å². The number of nitrogens with one attached hydrogen (secondary N) is 2. The van der Waals surface area contributed by atoms with Crippen LogP contribution in [0.4, 0.5) is 4.79 Å². The summed E-state index contributed by atoms with van der Waals surface area (Å²) in [6, 6.07) is 8.49. The van der Waals surface area contributed by atoms with Crippen molar-refractivity contribution < 1.29 is 4.79 Å². The number of primary amides is 1.